The summed E-state index contributed by atoms with van der Waals surface area (Å²) in [6.45, 7) is 0.605. The number of carbonyl (C=O) groups is 2. The Morgan fingerprint density at radius 2 is 1.78 bits per heavy atom. The van der Waals surface area contributed by atoms with Crippen molar-refractivity contribution in [1.82, 2.24) is 5.32 Å². The van der Waals surface area contributed by atoms with E-state index in [1.165, 1.54) is 7.11 Å². The SMILES string of the molecule is COC(=O)[C@@H](NC(=O)N1CCc2ccccc21)c1ccccc1. The maximum Gasteiger partial charge on any atom is 0.333 e. The van der Waals surface area contributed by atoms with Gasteiger partial charge in [0, 0.05) is 12.2 Å². The second-order valence-corrected chi connectivity index (χ2v) is 5.35. The van der Waals surface area contributed by atoms with Crippen molar-refractivity contribution in [2.45, 2.75) is 12.5 Å². The van der Waals surface area contributed by atoms with E-state index in [9.17, 15) is 9.59 Å². The van der Waals surface area contributed by atoms with Crippen LogP contribution in [0.25, 0.3) is 0 Å². The van der Waals surface area contributed by atoms with Gasteiger partial charge in [-0.3, -0.25) is 4.90 Å². The molecule has 1 aliphatic rings. The van der Waals surface area contributed by atoms with Crippen molar-refractivity contribution in [3.63, 3.8) is 0 Å². The number of anilines is 1. The van der Waals surface area contributed by atoms with Crippen LogP contribution in [0.3, 0.4) is 0 Å². The minimum atomic E-state index is -0.818. The summed E-state index contributed by atoms with van der Waals surface area (Å²) >= 11 is 0. The number of rotatable bonds is 3. The number of methoxy groups -OCH3 is 1. The molecule has 2 amide bonds. The Kier molecular flexibility index (Phi) is 4.28. The van der Waals surface area contributed by atoms with E-state index in [1.54, 1.807) is 17.0 Å². The standard InChI is InChI=1S/C18H18N2O3/c1-23-17(21)16(14-8-3-2-4-9-14)19-18(22)20-12-11-13-7-5-6-10-15(13)20/h2-10,16H,11-12H2,1H3,(H,19,22)/t16-/m0/s1. The Bertz CT molecular complexity index is 715. The molecule has 1 atom stereocenters. The van der Waals surface area contributed by atoms with Crippen LogP contribution in [0.1, 0.15) is 17.2 Å². The molecule has 0 aliphatic carbocycles. The van der Waals surface area contributed by atoms with Crippen LogP contribution in [-0.2, 0) is 16.0 Å². The van der Waals surface area contributed by atoms with Gasteiger partial charge in [0.1, 0.15) is 0 Å². The molecule has 0 saturated heterocycles. The molecule has 1 N–H and O–H groups in total. The smallest absolute Gasteiger partial charge is 0.333 e. The van der Waals surface area contributed by atoms with Gasteiger partial charge in [0.2, 0.25) is 0 Å². The number of amides is 2. The van der Waals surface area contributed by atoms with Crippen LogP contribution in [-0.4, -0.2) is 25.7 Å². The molecule has 0 saturated carbocycles. The van der Waals surface area contributed by atoms with Crippen LogP contribution in [0, 0.1) is 0 Å². The fourth-order valence-corrected chi connectivity index (χ4v) is 2.79. The van der Waals surface area contributed by atoms with Crippen molar-refractivity contribution in [2.24, 2.45) is 0 Å². The number of ether oxygens (including phenoxy) is 1. The number of nitrogens with one attached hydrogen (secondary N) is 1. The molecule has 0 unspecified atom stereocenters. The number of urea groups is 1. The van der Waals surface area contributed by atoms with Gasteiger partial charge in [-0.05, 0) is 23.6 Å². The summed E-state index contributed by atoms with van der Waals surface area (Å²) in [4.78, 5) is 26.3. The fourth-order valence-electron chi connectivity index (χ4n) is 2.79. The predicted molar refractivity (Wildman–Crippen MR) is 87.2 cm³/mol. The summed E-state index contributed by atoms with van der Waals surface area (Å²) in [5.41, 5.74) is 2.72. The Labute approximate surface area is 134 Å². The molecule has 5 heteroatoms. The fraction of sp³-hybridized carbons (Fsp3) is 0.222. The predicted octanol–water partition coefficient (Wildman–Crippen LogP) is 2.67. The van der Waals surface area contributed by atoms with Gasteiger partial charge in [-0.2, -0.15) is 0 Å². The Morgan fingerprint density at radius 1 is 1.09 bits per heavy atom. The zero-order valence-corrected chi connectivity index (χ0v) is 12.9. The topological polar surface area (TPSA) is 58.6 Å². The summed E-state index contributed by atoms with van der Waals surface area (Å²) in [5.74, 6) is -0.489. The second-order valence-electron chi connectivity index (χ2n) is 5.35. The largest absolute Gasteiger partial charge is 0.467 e. The van der Waals surface area contributed by atoms with Crippen LogP contribution in [0.15, 0.2) is 54.6 Å². The van der Waals surface area contributed by atoms with Crippen molar-refractivity contribution in [1.29, 1.82) is 0 Å². The van der Waals surface area contributed by atoms with Crippen LogP contribution < -0.4 is 10.2 Å². The molecule has 0 aromatic heterocycles. The zero-order chi connectivity index (χ0) is 16.2. The van der Waals surface area contributed by atoms with E-state index in [2.05, 4.69) is 5.32 Å². The molecule has 0 spiro atoms. The van der Waals surface area contributed by atoms with Crippen molar-refractivity contribution in [3.05, 3.63) is 65.7 Å². The van der Waals surface area contributed by atoms with Gasteiger partial charge in [0.15, 0.2) is 6.04 Å². The highest BCUT2D eigenvalue weighted by Crippen LogP contribution is 2.28. The van der Waals surface area contributed by atoms with Gasteiger partial charge in [0.05, 0.1) is 7.11 Å². The third-order valence-electron chi connectivity index (χ3n) is 3.97. The Morgan fingerprint density at radius 3 is 2.52 bits per heavy atom. The van der Waals surface area contributed by atoms with Crippen LogP contribution in [0.5, 0.6) is 0 Å². The van der Waals surface area contributed by atoms with E-state index >= 15 is 0 Å². The molecule has 23 heavy (non-hydrogen) atoms. The Balaban J connectivity index is 1.81. The summed E-state index contributed by atoms with van der Waals surface area (Å²) in [5, 5.41) is 2.78. The number of esters is 1. The van der Waals surface area contributed by atoms with Crippen molar-refractivity contribution in [3.8, 4) is 0 Å². The quantitative estimate of drug-likeness (QED) is 0.887. The highest BCUT2D eigenvalue weighted by molar-refractivity contribution is 5.96. The lowest BCUT2D eigenvalue weighted by atomic mass is 10.1. The second kappa shape index (κ2) is 6.52. The number of para-hydroxylation sites is 1. The highest BCUT2D eigenvalue weighted by atomic mass is 16.5. The summed E-state index contributed by atoms with van der Waals surface area (Å²) < 4.78 is 4.83. The zero-order valence-electron chi connectivity index (χ0n) is 12.9. The summed E-state index contributed by atoms with van der Waals surface area (Å²) in [6, 6.07) is 15.8. The van der Waals surface area contributed by atoms with Crippen LogP contribution in [0.4, 0.5) is 10.5 Å². The normalized spacial score (nSPS) is 14.0. The minimum Gasteiger partial charge on any atom is -0.467 e. The Hall–Kier alpha value is -2.82. The number of carbonyl (C=O) groups excluding carboxylic acids is 2. The first kappa shape index (κ1) is 15.1. The lowest BCUT2D eigenvalue weighted by Gasteiger charge is -2.22. The maximum absolute atomic E-state index is 12.6. The van der Waals surface area contributed by atoms with Crippen LogP contribution in [0.2, 0.25) is 0 Å². The van der Waals surface area contributed by atoms with E-state index in [0.717, 1.165) is 17.7 Å². The van der Waals surface area contributed by atoms with Gasteiger partial charge in [-0.15, -0.1) is 0 Å². The third kappa shape index (κ3) is 3.04. The maximum atomic E-state index is 12.6. The molecule has 0 bridgehead atoms. The number of hydrogen-bond acceptors (Lipinski definition) is 3. The average molecular weight is 310 g/mol. The summed E-state index contributed by atoms with van der Waals surface area (Å²) in [7, 11) is 1.32. The first-order valence-corrected chi connectivity index (χ1v) is 7.49. The number of hydrogen-bond donors (Lipinski definition) is 1. The monoisotopic (exact) mass is 310 g/mol. The molecule has 0 radical (unpaired) electrons. The number of fused-ring (bicyclic) bond motifs is 1. The average Bonchev–Trinajstić information content (AvgIpc) is 3.04. The third-order valence-corrected chi connectivity index (χ3v) is 3.97. The van der Waals surface area contributed by atoms with Crippen molar-refractivity contribution in [2.75, 3.05) is 18.6 Å². The van der Waals surface area contributed by atoms with Crippen molar-refractivity contribution >= 4 is 17.7 Å². The molecule has 0 fully saturated rings. The van der Waals surface area contributed by atoms with Gasteiger partial charge in [0.25, 0.3) is 0 Å². The molecule has 1 aliphatic heterocycles. The lowest BCUT2D eigenvalue weighted by molar-refractivity contribution is -0.143. The van der Waals surface area contributed by atoms with E-state index in [4.69, 9.17) is 4.74 Å². The van der Waals surface area contributed by atoms with Gasteiger partial charge in [-0.1, -0.05) is 48.5 Å². The van der Waals surface area contributed by atoms with E-state index < -0.39 is 12.0 Å². The first-order valence-electron chi connectivity index (χ1n) is 7.49. The van der Waals surface area contributed by atoms with E-state index in [1.807, 2.05) is 42.5 Å². The summed E-state index contributed by atoms with van der Waals surface area (Å²) in [6.07, 6.45) is 0.817. The first-order chi connectivity index (χ1) is 11.2. The number of benzene rings is 2. The highest BCUT2D eigenvalue weighted by Gasteiger charge is 2.29. The molecule has 5 nitrogen and oxygen atoms in total. The van der Waals surface area contributed by atoms with E-state index in [0.29, 0.717) is 12.1 Å². The van der Waals surface area contributed by atoms with Gasteiger partial charge >= 0.3 is 12.0 Å². The molecular formula is C18H18N2O3. The van der Waals surface area contributed by atoms with Crippen LogP contribution >= 0.6 is 0 Å². The van der Waals surface area contributed by atoms with Gasteiger partial charge in [-0.25, -0.2) is 9.59 Å². The van der Waals surface area contributed by atoms with E-state index in [-0.39, 0.29) is 6.03 Å². The molecule has 1 heterocycles. The molecule has 2 aromatic carbocycles. The molecular weight excluding hydrogens is 292 g/mol. The number of nitrogens with zero attached hydrogens (tertiary/aromatic N) is 1. The molecule has 118 valence electrons. The minimum absolute atomic E-state index is 0.297. The van der Waals surface area contributed by atoms with Gasteiger partial charge < -0.3 is 10.1 Å². The lowest BCUT2D eigenvalue weighted by Crippen LogP contribution is -2.43. The van der Waals surface area contributed by atoms with Crippen molar-refractivity contribution < 1.29 is 14.3 Å². The molecule has 2 aromatic rings. The molecule has 3 rings (SSSR count).